The summed E-state index contributed by atoms with van der Waals surface area (Å²) in [5.74, 6) is 0.201. The molecule has 158 valence electrons. The quantitative estimate of drug-likeness (QED) is 0.257. The fourth-order valence-corrected chi connectivity index (χ4v) is 4.49. The molecule has 4 rings (SSSR count). The lowest BCUT2D eigenvalue weighted by Crippen LogP contribution is -1.97. The van der Waals surface area contributed by atoms with E-state index in [1.54, 1.807) is 18.3 Å². The van der Waals surface area contributed by atoms with Gasteiger partial charge in [-0.15, -0.1) is 11.3 Å². The Labute approximate surface area is 186 Å². The second-order valence-corrected chi connectivity index (χ2v) is 8.73. The highest BCUT2D eigenvalue weighted by atomic mass is 32.1. The molecular weight excluding hydrogens is 404 g/mol. The van der Waals surface area contributed by atoms with Crippen LogP contribution in [0.25, 0.3) is 10.4 Å². The molecule has 1 atom stereocenters. The van der Waals surface area contributed by atoms with Crippen LogP contribution in [0.5, 0.6) is 0 Å². The van der Waals surface area contributed by atoms with Crippen molar-refractivity contribution in [3.63, 3.8) is 0 Å². The molecule has 2 heterocycles. The number of aryl methyl sites for hydroxylation is 1. The lowest BCUT2D eigenvalue weighted by molar-refractivity contribution is 0.0984. The molecule has 0 amide bonds. The van der Waals surface area contributed by atoms with Crippen molar-refractivity contribution < 1.29 is 9.90 Å². The normalized spacial score (nSPS) is 11.9. The number of aromatic nitrogens is 1. The molecular formula is C26H26N2O2S. The van der Waals surface area contributed by atoms with Gasteiger partial charge in [-0.25, -0.2) is 0 Å². The number of aliphatic hydroxyl groups is 1. The van der Waals surface area contributed by atoms with Crippen LogP contribution in [0.1, 0.15) is 46.8 Å². The van der Waals surface area contributed by atoms with Gasteiger partial charge in [0.15, 0.2) is 5.78 Å². The first-order valence-electron chi connectivity index (χ1n) is 10.5. The summed E-state index contributed by atoms with van der Waals surface area (Å²) in [4.78, 5) is 17.6. The van der Waals surface area contributed by atoms with Crippen LogP contribution >= 0.6 is 11.3 Å². The molecule has 0 saturated heterocycles. The van der Waals surface area contributed by atoms with Gasteiger partial charge >= 0.3 is 0 Å². The molecule has 2 aromatic carbocycles. The Bertz CT molecular complexity index is 1150. The summed E-state index contributed by atoms with van der Waals surface area (Å²) in [5, 5.41) is 13.2. The lowest BCUT2D eigenvalue weighted by atomic mass is 10.1. The third-order valence-electron chi connectivity index (χ3n) is 5.20. The molecule has 1 unspecified atom stereocenters. The van der Waals surface area contributed by atoms with E-state index in [-0.39, 0.29) is 5.78 Å². The van der Waals surface area contributed by atoms with E-state index in [9.17, 15) is 9.90 Å². The molecule has 2 aromatic heterocycles. The van der Waals surface area contributed by atoms with E-state index < -0.39 is 6.10 Å². The third-order valence-corrected chi connectivity index (χ3v) is 6.37. The minimum atomic E-state index is -0.502. The molecule has 0 radical (unpaired) electrons. The van der Waals surface area contributed by atoms with Gasteiger partial charge in [0.05, 0.1) is 11.0 Å². The number of aliphatic hydroxyl groups excluding tert-OH is 1. The van der Waals surface area contributed by atoms with Gasteiger partial charge in [-0.3, -0.25) is 4.79 Å². The van der Waals surface area contributed by atoms with Crippen molar-refractivity contribution in [2.24, 2.45) is 0 Å². The summed E-state index contributed by atoms with van der Waals surface area (Å²) < 4.78 is 0. The predicted molar refractivity (Wildman–Crippen MR) is 128 cm³/mol. The number of aromatic amines is 1. The number of ketones is 1. The molecule has 31 heavy (non-hydrogen) atoms. The average molecular weight is 431 g/mol. The van der Waals surface area contributed by atoms with Gasteiger partial charge in [0.25, 0.3) is 0 Å². The zero-order valence-electron chi connectivity index (χ0n) is 17.5. The minimum Gasteiger partial charge on any atom is -0.389 e. The van der Waals surface area contributed by atoms with E-state index in [2.05, 4.69) is 28.5 Å². The first-order valence-corrected chi connectivity index (χ1v) is 11.3. The number of hydrogen-bond donors (Lipinski definition) is 3. The first kappa shape index (κ1) is 21.1. The second-order valence-electron chi connectivity index (χ2n) is 7.64. The number of carbonyl (C=O) groups is 1. The van der Waals surface area contributed by atoms with E-state index in [1.165, 1.54) is 5.69 Å². The lowest BCUT2D eigenvalue weighted by Gasteiger charge is -2.11. The number of H-pyrrole nitrogens is 1. The van der Waals surface area contributed by atoms with Gasteiger partial charge in [0.2, 0.25) is 0 Å². The highest BCUT2D eigenvalue weighted by Gasteiger charge is 2.11. The molecule has 3 N–H and O–H groups in total. The van der Waals surface area contributed by atoms with Gasteiger partial charge in [0, 0.05) is 34.6 Å². The van der Waals surface area contributed by atoms with Crippen LogP contribution in [0.3, 0.4) is 0 Å². The van der Waals surface area contributed by atoms with Gasteiger partial charge in [-0.05, 0) is 79.4 Å². The van der Waals surface area contributed by atoms with E-state index in [0.717, 1.165) is 45.1 Å². The molecule has 0 bridgehead atoms. The van der Waals surface area contributed by atoms with E-state index >= 15 is 0 Å². The maximum atomic E-state index is 12.6. The van der Waals surface area contributed by atoms with Crippen molar-refractivity contribution in [3.05, 3.63) is 95.1 Å². The molecule has 0 saturated carbocycles. The van der Waals surface area contributed by atoms with Gasteiger partial charge in [0.1, 0.15) is 0 Å². The van der Waals surface area contributed by atoms with Gasteiger partial charge in [-0.1, -0.05) is 24.3 Å². The number of Topliss-reactive ketones (excluding diaryl/α,β-unsaturated/α-hetero) is 1. The van der Waals surface area contributed by atoms with Crippen LogP contribution < -0.4 is 5.32 Å². The molecule has 0 spiro atoms. The Morgan fingerprint density at radius 2 is 1.84 bits per heavy atom. The van der Waals surface area contributed by atoms with Crippen molar-refractivity contribution in [2.45, 2.75) is 32.3 Å². The Morgan fingerprint density at radius 1 is 1.03 bits per heavy atom. The summed E-state index contributed by atoms with van der Waals surface area (Å²) in [5.41, 5.74) is 5.01. The predicted octanol–water partition coefficient (Wildman–Crippen LogP) is 6.75. The van der Waals surface area contributed by atoms with Crippen molar-refractivity contribution in [1.82, 2.24) is 4.98 Å². The Hall–Kier alpha value is -3.15. The maximum absolute atomic E-state index is 12.6. The number of thiophene rings is 1. The van der Waals surface area contributed by atoms with Crippen molar-refractivity contribution in [1.29, 1.82) is 0 Å². The number of benzene rings is 2. The zero-order chi connectivity index (χ0) is 21.6. The second kappa shape index (κ2) is 9.77. The van der Waals surface area contributed by atoms with E-state index in [4.69, 9.17) is 0 Å². The van der Waals surface area contributed by atoms with Crippen LogP contribution in [-0.4, -0.2) is 15.9 Å². The Kier molecular flexibility index (Phi) is 6.65. The van der Waals surface area contributed by atoms with Crippen LogP contribution in [0, 0.1) is 0 Å². The Balaban J connectivity index is 1.41. The number of hydrogen-bond acceptors (Lipinski definition) is 4. The van der Waals surface area contributed by atoms with Crippen molar-refractivity contribution >= 4 is 28.5 Å². The molecule has 0 aliphatic rings. The number of anilines is 2. The SMILES string of the molecule is CC(O)c1cccc(Nc2cccc(-c3ccc(C(=O)CCCc4ccc[nH]4)s3)c2)c1. The van der Waals surface area contributed by atoms with Crippen molar-refractivity contribution in [3.8, 4) is 10.4 Å². The van der Waals surface area contributed by atoms with Crippen LogP contribution in [0.15, 0.2) is 79.0 Å². The van der Waals surface area contributed by atoms with Gasteiger partial charge < -0.3 is 15.4 Å². The van der Waals surface area contributed by atoms with Gasteiger partial charge in [-0.2, -0.15) is 0 Å². The number of rotatable bonds is 9. The molecule has 0 aliphatic heterocycles. The van der Waals surface area contributed by atoms with Crippen LogP contribution in [0.2, 0.25) is 0 Å². The maximum Gasteiger partial charge on any atom is 0.172 e. The summed E-state index contributed by atoms with van der Waals surface area (Å²) in [7, 11) is 0. The molecule has 0 aliphatic carbocycles. The summed E-state index contributed by atoms with van der Waals surface area (Å²) in [6.07, 6.45) is 3.70. The fraction of sp³-hybridized carbons (Fsp3) is 0.192. The van der Waals surface area contributed by atoms with E-state index in [1.807, 2.05) is 60.8 Å². The summed E-state index contributed by atoms with van der Waals surface area (Å²) >= 11 is 1.55. The largest absolute Gasteiger partial charge is 0.389 e. The molecule has 5 heteroatoms. The minimum absolute atomic E-state index is 0.201. The smallest absolute Gasteiger partial charge is 0.172 e. The highest BCUT2D eigenvalue weighted by molar-refractivity contribution is 7.17. The molecule has 4 nitrogen and oxygen atoms in total. The number of nitrogens with one attached hydrogen (secondary N) is 2. The first-order chi connectivity index (χ1) is 15.1. The summed E-state index contributed by atoms with van der Waals surface area (Å²) in [6.45, 7) is 1.76. The van der Waals surface area contributed by atoms with Crippen molar-refractivity contribution in [2.75, 3.05) is 5.32 Å². The monoisotopic (exact) mass is 430 g/mol. The summed E-state index contributed by atoms with van der Waals surface area (Å²) in [6, 6.07) is 23.9. The zero-order valence-corrected chi connectivity index (χ0v) is 18.3. The molecule has 0 fully saturated rings. The average Bonchev–Trinajstić information content (AvgIpc) is 3.46. The molecule has 4 aromatic rings. The van der Waals surface area contributed by atoms with E-state index in [0.29, 0.717) is 6.42 Å². The Morgan fingerprint density at radius 3 is 2.61 bits per heavy atom. The fourth-order valence-electron chi connectivity index (χ4n) is 3.52. The highest BCUT2D eigenvalue weighted by Crippen LogP contribution is 2.31. The van der Waals surface area contributed by atoms with Crippen LogP contribution in [-0.2, 0) is 6.42 Å². The third kappa shape index (κ3) is 5.51. The standard InChI is InChI=1S/C26H26N2O2S/c1-18(29)19-6-2-9-22(16-19)28-23-10-3-7-20(17-23)25-13-14-26(31-25)24(30)12-4-8-21-11-5-15-27-21/h2-3,5-7,9-11,13-18,27-29H,4,8,12H2,1H3. The topological polar surface area (TPSA) is 65.1 Å². The number of carbonyl (C=O) groups excluding carboxylic acids is 1. The van der Waals surface area contributed by atoms with Crippen LogP contribution in [0.4, 0.5) is 11.4 Å².